The van der Waals surface area contributed by atoms with Gasteiger partial charge in [-0.3, -0.25) is 4.79 Å². The Kier molecular flexibility index (Phi) is 3.54. The van der Waals surface area contributed by atoms with Crippen LogP contribution in [0.1, 0.15) is 32.0 Å². The number of nitriles is 1. The van der Waals surface area contributed by atoms with Crippen molar-refractivity contribution in [3.8, 4) is 6.07 Å². The van der Waals surface area contributed by atoms with E-state index in [-0.39, 0.29) is 18.0 Å². The molecule has 20 heavy (non-hydrogen) atoms. The molecule has 2 rings (SSSR count). The monoisotopic (exact) mass is 269 g/mol. The van der Waals surface area contributed by atoms with Gasteiger partial charge in [0.2, 0.25) is 5.91 Å². The molecule has 0 aliphatic carbocycles. The summed E-state index contributed by atoms with van der Waals surface area (Å²) in [6.07, 6.45) is 0. The average molecular weight is 269 g/mol. The maximum atomic E-state index is 12.1. The third kappa shape index (κ3) is 2.67. The van der Waals surface area contributed by atoms with Gasteiger partial charge in [0, 0.05) is 16.6 Å². The summed E-state index contributed by atoms with van der Waals surface area (Å²) < 4.78 is 1.90. The summed E-state index contributed by atoms with van der Waals surface area (Å²) in [6, 6.07) is 9.90. The van der Waals surface area contributed by atoms with Crippen LogP contribution in [0.15, 0.2) is 24.3 Å². The van der Waals surface area contributed by atoms with Gasteiger partial charge >= 0.3 is 0 Å². The molecule has 1 aromatic carbocycles. The minimum Gasteiger partial charge on any atom is -0.350 e. The van der Waals surface area contributed by atoms with Crippen LogP contribution in [0, 0.1) is 18.3 Å². The fourth-order valence-corrected chi connectivity index (χ4v) is 2.38. The maximum Gasteiger partial charge on any atom is 0.240 e. The van der Waals surface area contributed by atoms with Gasteiger partial charge in [-0.2, -0.15) is 5.26 Å². The topological polar surface area (TPSA) is 57.8 Å². The molecule has 1 N–H and O–H groups in total. The molecule has 0 atom stereocenters. The minimum absolute atomic E-state index is 0.0501. The van der Waals surface area contributed by atoms with Crippen molar-refractivity contribution in [2.24, 2.45) is 0 Å². The number of hydrogen-bond acceptors (Lipinski definition) is 2. The van der Waals surface area contributed by atoms with Crippen molar-refractivity contribution in [2.45, 2.75) is 39.8 Å². The van der Waals surface area contributed by atoms with Crippen LogP contribution in [0.25, 0.3) is 10.9 Å². The Labute approximate surface area is 119 Å². The molecule has 1 aromatic heterocycles. The molecule has 0 unspecified atom stereocenters. The summed E-state index contributed by atoms with van der Waals surface area (Å²) in [6.45, 7) is 7.96. The first-order valence-corrected chi connectivity index (χ1v) is 6.62. The summed E-state index contributed by atoms with van der Waals surface area (Å²) >= 11 is 0. The normalized spacial score (nSPS) is 11.3. The Morgan fingerprint density at radius 2 is 2.00 bits per heavy atom. The van der Waals surface area contributed by atoms with Gasteiger partial charge in [-0.15, -0.1) is 0 Å². The number of amides is 1. The van der Waals surface area contributed by atoms with Crippen molar-refractivity contribution < 1.29 is 4.79 Å². The number of benzene rings is 1. The number of aromatic nitrogens is 1. The van der Waals surface area contributed by atoms with E-state index in [4.69, 9.17) is 0 Å². The van der Waals surface area contributed by atoms with Crippen LogP contribution < -0.4 is 5.32 Å². The van der Waals surface area contributed by atoms with E-state index >= 15 is 0 Å². The third-order valence-electron chi connectivity index (χ3n) is 3.16. The highest BCUT2D eigenvalue weighted by Crippen LogP contribution is 2.24. The van der Waals surface area contributed by atoms with E-state index in [1.54, 1.807) is 0 Å². The van der Waals surface area contributed by atoms with Gasteiger partial charge in [0.05, 0.1) is 11.1 Å². The largest absolute Gasteiger partial charge is 0.350 e. The Hall–Kier alpha value is -2.28. The average Bonchev–Trinajstić information content (AvgIpc) is 2.60. The third-order valence-corrected chi connectivity index (χ3v) is 3.16. The van der Waals surface area contributed by atoms with E-state index < -0.39 is 0 Å². The molecule has 4 heteroatoms. The summed E-state index contributed by atoms with van der Waals surface area (Å²) in [4.78, 5) is 12.1. The number of nitrogens with one attached hydrogen (secondary N) is 1. The molecule has 104 valence electrons. The van der Waals surface area contributed by atoms with Crippen molar-refractivity contribution in [2.75, 3.05) is 0 Å². The smallest absolute Gasteiger partial charge is 0.240 e. The van der Waals surface area contributed by atoms with E-state index in [2.05, 4.69) is 11.4 Å². The second-order valence-corrected chi connectivity index (χ2v) is 5.97. The zero-order chi connectivity index (χ0) is 14.9. The molecule has 0 saturated carbocycles. The van der Waals surface area contributed by atoms with Crippen LogP contribution in [0.2, 0.25) is 0 Å². The van der Waals surface area contributed by atoms with E-state index in [9.17, 15) is 10.1 Å². The van der Waals surface area contributed by atoms with E-state index in [0.717, 1.165) is 16.6 Å². The number of carbonyl (C=O) groups is 1. The van der Waals surface area contributed by atoms with Gasteiger partial charge in [-0.05, 0) is 33.8 Å². The quantitative estimate of drug-likeness (QED) is 0.911. The highest BCUT2D eigenvalue weighted by molar-refractivity contribution is 5.89. The molecule has 0 spiro atoms. The lowest BCUT2D eigenvalue weighted by atomic mass is 10.1. The van der Waals surface area contributed by atoms with E-state index in [1.807, 2.05) is 56.5 Å². The predicted molar refractivity (Wildman–Crippen MR) is 79.3 cm³/mol. The number of rotatable bonds is 2. The number of nitrogens with zero attached hydrogens (tertiary/aromatic N) is 2. The molecule has 1 heterocycles. The highest BCUT2D eigenvalue weighted by Gasteiger charge is 2.18. The minimum atomic E-state index is -0.258. The Morgan fingerprint density at radius 1 is 1.35 bits per heavy atom. The van der Waals surface area contributed by atoms with Crippen LogP contribution in [0.4, 0.5) is 0 Å². The summed E-state index contributed by atoms with van der Waals surface area (Å²) in [7, 11) is 0. The lowest BCUT2D eigenvalue weighted by Crippen LogP contribution is -2.42. The van der Waals surface area contributed by atoms with Crippen molar-refractivity contribution >= 4 is 16.8 Å². The van der Waals surface area contributed by atoms with Gasteiger partial charge < -0.3 is 9.88 Å². The standard InChI is InChI=1S/C16H19N3O/c1-11-13(9-17)12-7-5-6-8-14(12)19(11)10-15(20)18-16(2,3)4/h5-8H,10H2,1-4H3,(H,18,20). The molecule has 4 nitrogen and oxygen atoms in total. The van der Waals surface area contributed by atoms with Crippen molar-refractivity contribution in [3.05, 3.63) is 35.5 Å². The van der Waals surface area contributed by atoms with Crippen LogP contribution in [-0.4, -0.2) is 16.0 Å². The Bertz CT molecular complexity index is 699. The predicted octanol–water partition coefficient (Wildman–Crippen LogP) is 2.74. The van der Waals surface area contributed by atoms with Crippen molar-refractivity contribution in [1.29, 1.82) is 5.26 Å². The van der Waals surface area contributed by atoms with Gasteiger partial charge in [0.1, 0.15) is 12.6 Å². The summed E-state index contributed by atoms with van der Waals surface area (Å²) in [5, 5.41) is 13.1. The van der Waals surface area contributed by atoms with Crippen LogP contribution in [-0.2, 0) is 11.3 Å². The summed E-state index contributed by atoms with van der Waals surface area (Å²) in [5.74, 6) is -0.0501. The molecule has 0 aliphatic heterocycles. The van der Waals surface area contributed by atoms with Crippen LogP contribution in [0.3, 0.4) is 0 Å². The van der Waals surface area contributed by atoms with E-state index in [0.29, 0.717) is 5.56 Å². The number of para-hydroxylation sites is 1. The Balaban J connectivity index is 2.43. The number of fused-ring (bicyclic) bond motifs is 1. The number of hydrogen-bond donors (Lipinski definition) is 1. The molecule has 1 amide bonds. The molecule has 0 fully saturated rings. The zero-order valence-corrected chi connectivity index (χ0v) is 12.3. The van der Waals surface area contributed by atoms with Crippen molar-refractivity contribution in [3.63, 3.8) is 0 Å². The van der Waals surface area contributed by atoms with Crippen LogP contribution in [0.5, 0.6) is 0 Å². The molecule has 0 bridgehead atoms. The second kappa shape index (κ2) is 5.01. The molecular weight excluding hydrogens is 250 g/mol. The lowest BCUT2D eigenvalue weighted by molar-refractivity contribution is -0.123. The lowest BCUT2D eigenvalue weighted by Gasteiger charge is -2.21. The first-order chi connectivity index (χ1) is 9.33. The maximum absolute atomic E-state index is 12.1. The fourth-order valence-electron chi connectivity index (χ4n) is 2.38. The van der Waals surface area contributed by atoms with Gasteiger partial charge in [0.15, 0.2) is 0 Å². The number of carbonyl (C=O) groups excluding carboxylic acids is 1. The van der Waals surface area contributed by atoms with Gasteiger partial charge in [-0.1, -0.05) is 18.2 Å². The van der Waals surface area contributed by atoms with E-state index in [1.165, 1.54) is 0 Å². The van der Waals surface area contributed by atoms with Crippen molar-refractivity contribution in [1.82, 2.24) is 9.88 Å². The molecule has 0 radical (unpaired) electrons. The molecular formula is C16H19N3O. The van der Waals surface area contributed by atoms with Gasteiger partial charge in [-0.25, -0.2) is 0 Å². The fraction of sp³-hybridized carbons (Fsp3) is 0.375. The van der Waals surface area contributed by atoms with Crippen LogP contribution >= 0.6 is 0 Å². The SMILES string of the molecule is Cc1c(C#N)c2ccccc2n1CC(=O)NC(C)(C)C. The molecule has 2 aromatic rings. The molecule has 0 saturated heterocycles. The van der Waals surface area contributed by atoms with Gasteiger partial charge in [0.25, 0.3) is 0 Å². The Morgan fingerprint density at radius 3 is 2.60 bits per heavy atom. The first kappa shape index (κ1) is 14.1. The highest BCUT2D eigenvalue weighted by atomic mass is 16.2. The summed E-state index contributed by atoms with van der Waals surface area (Å²) in [5.41, 5.74) is 2.14. The molecule has 0 aliphatic rings. The zero-order valence-electron chi connectivity index (χ0n) is 12.3. The second-order valence-electron chi connectivity index (χ2n) is 5.97. The first-order valence-electron chi connectivity index (χ1n) is 6.62.